The van der Waals surface area contributed by atoms with E-state index < -0.39 is 5.97 Å². The van der Waals surface area contributed by atoms with E-state index in [4.69, 9.17) is 21.4 Å². The number of ether oxygens (including phenoxy) is 1. The second-order valence-corrected chi connectivity index (χ2v) is 6.30. The van der Waals surface area contributed by atoms with Crippen LogP contribution < -0.4 is 4.74 Å². The monoisotopic (exact) mass is 375 g/mol. The van der Waals surface area contributed by atoms with Crippen LogP contribution in [0.25, 0.3) is 0 Å². The van der Waals surface area contributed by atoms with Crippen LogP contribution in [-0.2, 0) is 22.6 Å². The predicted octanol–water partition coefficient (Wildman–Crippen LogP) is 3.78. The molecule has 26 heavy (non-hydrogen) atoms. The van der Waals surface area contributed by atoms with Gasteiger partial charge in [0, 0.05) is 30.1 Å². The van der Waals surface area contributed by atoms with E-state index in [1.54, 1.807) is 23.1 Å². The summed E-state index contributed by atoms with van der Waals surface area (Å²) in [6.45, 7) is 0.791. The van der Waals surface area contributed by atoms with Crippen molar-refractivity contribution < 1.29 is 19.4 Å². The largest absolute Gasteiger partial charge is 0.496 e. The topological polar surface area (TPSA) is 66.8 Å². The van der Waals surface area contributed by atoms with E-state index in [9.17, 15) is 9.59 Å². The van der Waals surface area contributed by atoms with Crippen LogP contribution in [0.3, 0.4) is 0 Å². The van der Waals surface area contributed by atoms with E-state index >= 15 is 0 Å². The molecule has 0 aliphatic carbocycles. The Labute approximate surface area is 158 Å². The first kappa shape index (κ1) is 19.8. The molecule has 0 bridgehead atoms. The number of hydrogen-bond acceptors (Lipinski definition) is 3. The average Bonchev–Trinajstić information content (AvgIpc) is 2.63. The minimum atomic E-state index is -0.870. The molecular formula is C20H22ClNO4. The fourth-order valence-electron chi connectivity index (χ4n) is 2.68. The number of hydrogen-bond donors (Lipinski definition) is 1. The lowest BCUT2D eigenvalue weighted by atomic mass is 10.1. The summed E-state index contributed by atoms with van der Waals surface area (Å²) in [6, 6.07) is 14.9. The molecule has 2 aromatic carbocycles. The highest BCUT2D eigenvalue weighted by atomic mass is 35.5. The van der Waals surface area contributed by atoms with Gasteiger partial charge in [0.15, 0.2) is 0 Å². The first-order chi connectivity index (χ1) is 12.5. The number of nitrogens with zero attached hydrogens (tertiary/aromatic N) is 1. The van der Waals surface area contributed by atoms with Crippen LogP contribution in [0.1, 0.15) is 24.0 Å². The summed E-state index contributed by atoms with van der Waals surface area (Å²) >= 11 is 6.23. The number of benzene rings is 2. The lowest BCUT2D eigenvalue weighted by molar-refractivity contribution is -0.138. The van der Waals surface area contributed by atoms with Crippen LogP contribution >= 0.6 is 11.6 Å². The zero-order valence-corrected chi connectivity index (χ0v) is 15.4. The van der Waals surface area contributed by atoms with Crippen LogP contribution in [0, 0.1) is 0 Å². The molecule has 1 amide bonds. The minimum absolute atomic E-state index is 0.0218. The molecule has 2 aromatic rings. The fraction of sp³-hybridized carbons (Fsp3) is 0.300. The van der Waals surface area contributed by atoms with Crippen LogP contribution in [0.15, 0.2) is 48.5 Å². The number of amides is 1. The third-order valence-corrected chi connectivity index (χ3v) is 4.37. The maximum Gasteiger partial charge on any atom is 0.303 e. The molecule has 0 saturated heterocycles. The van der Waals surface area contributed by atoms with Gasteiger partial charge in [-0.3, -0.25) is 9.59 Å². The maximum absolute atomic E-state index is 12.9. The van der Waals surface area contributed by atoms with Gasteiger partial charge >= 0.3 is 5.97 Å². The Balaban J connectivity index is 2.15. The molecule has 1 N–H and O–H groups in total. The Morgan fingerprint density at radius 1 is 1.12 bits per heavy atom. The van der Waals surface area contributed by atoms with Crippen molar-refractivity contribution in [2.45, 2.75) is 25.8 Å². The number of carbonyl (C=O) groups is 2. The van der Waals surface area contributed by atoms with Gasteiger partial charge < -0.3 is 14.7 Å². The summed E-state index contributed by atoms with van der Waals surface area (Å²) in [6.07, 6.45) is 0.518. The van der Waals surface area contributed by atoms with Crippen LogP contribution in [0.4, 0.5) is 0 Å². The highest BCUT2D eigenvalue weighted by molar-refractivity contribution is 6.31. The molecule has 0 aliphatic heterocycles. The van der Waals surface area contributed by atoms with Gasteiger partial charge in [-0.2, -0.15) is 0 Å². The van der Waals surface area contributed by atoms with Crippen molar-refractivity contribution in [1.82, 2.24) is 4.90 Å². The Bertz CT molecular complexity index is 749. The third-order valence-electron chi connectivity index (χ3n) is 4.01. The Hall–Kier alpha value is -2.53. The van der Waals surface area contributed by atoms with Crippen LogP contribution in [0.5, 0.6) is 5.75 Å². The number of halogens is 1. The van der Waals surface area contributed by atoms with Gasteiger partial charge in [0.1, 0.15) is 5.75 Å². The number of carbonyl (C=O) groups excluding carboxylic acids is 1. The quantitative estimate of drug-likeness (QED) is 0.724. The SMILES string of the molecule is COc1cccc(Cl)c1CC(=O)N(CCCC(=O)O)Cc1ccccc1. The van der Waals surface area contributed by atoms with Crippen LogP contribution in [0.2, 0.25) is 5.02 Å². The standard InChI is InChI=1S/C20H22ClNO4/c1-26-18-10-5-9-17(21)16(18)13-19(23)22(12-6-11-20(24)25)14-15-7-3-2-4-8-15/h2-5,7-10H,6,11-14H2,1H3,(H,24,25). The molecule has 2 rings (SSSR count). The van der Waals surface area contributed by atoms with Crippen molar-refractivity contribution in [2.75, 3.05) is 13.7 Å². The second-order valence-electron chi connectivity index (χ2n) is 5.90. The lowest BCUT2D eigenvalue weighted by Crippen LogP contribution is -2.33. The van der Waals surface area contributed by atoms with Gasteiger partial charge in [0.05, 0.1) is 13.5 Å². The molecule has 0 radical (unpaired) electrons. The van der Waals surface area contributed by atoms with Crippen molar-refractivity contribution in [3.63, 3.8) is 0 Å². The number of carboxylic acid groups (broad SMARTS) is 1. The molecule has 6 heteroatoms. The molecule has 5 nitrogen and oxygen atoms in total. The highest BCUT2D eigenvalue weighted by Gasteiger charge is 2.19. The van der Waals surface area contributed by atoms with Crippen molar-refractivity contribution >= 4 is 23.5 Å². The fourth-order valence-corrected chi connectivity index (χ4v) is 2.91. The average molecular weight is 376 g/mol. The van der Waals surface area contributed by atoms with E-state index in [0.29, 0.717) is 35.8 Å². The molecule has 0 aliphatic rings. The van der Waals surface area contributed by atoms with Gasteiger partial charge in [-0.1, -0.05) is 48.0 Å². The van der Waals surface area contributed by atoms with E-state index in [-0.39, 0.29) is 18.7 Å². The first-order valence-corrected chi connectivity index (χ1v) is 8.74. The molecule has 0 fully saturated rings. The molecule has 0 unspecified atom stereocenters. The van der Waals surface area contributed by atoms with Crippen molar-refractivity contribution in [1.29, 1.82) is 0 Å². The minimum Gasteiger partial charge on any atom is -0.496 e. The summed E-state index contributed by atoms with van der Waals surface area (Å²) in [7, 11) is 1.54. The van der Waals surface area contributed by atoms with Gasteiger partial charge in [-0.15, -0.1) is 0 Å². The number of rotatable bonds is 9. The highest BCUT2D eigenvalue weighted by Crippen LogP contribution is 2.27. The zero-order valence-electron chi connectivity index (χ0n) is 14.7. The summed E-state index contributed by atoms with van der Waals surface area (Å²) < 4.78 is 5.30. The maximum atomic E-state index is 12.9. The van der Waals surface area contributed by atoms with E-state index in [0.717, 1.165) is 5.56 Å². The Morgan fingerprint density at radius 2 is 1.85 bits per heavy atom. The van der Waals surface area contributed by atoms with Gasteiger partial charge in [0.25, 0.3) is 0 Å². The number of methoxy groups -OCH3 is 1. The van der Waals surface area contributed by atoms with E-state index in [1.165, 1.54) is 7.11 Å². The van der Waals surface area contributed by atoms with Crippen molar-refractivity contribution in [3.8, 4) is 5.75 Å². The lowest BCUT2D eigenvalue weighted by Gasteiger charge is -2.23. The van der Waals surface area contributed by atoms with Crippen molar-refractivity contribution in [3.05, 3.63) is 64.7 Å². The van der Waals surface area contributed by atoms with E-state index in [1.807, 2.05) is 30.3 Å². The number of carboxylic acids is 1. The predicted molar refractivity (Wildman–Crippen MR) is 100 cm³/mol. The summed E-state index contributed by atoms with van der Waals surface area (Å²) in [4.78, 5) is 25.3. The van der Waals surface area contributed by atoms with Gasteiger partial charge in [0.2, 0.25) is 5.91 Å². The number of aliphatic carboxylic acids is 1. The molecule has 138 valence electrons. The summed E-state index contributed by atoms with van der Waals surface area (Å²) in [5.74, 6) is -0.424. The molecule has 0 atom stereocenters. The molecule has 0 aromatic heterocycles. The molecule has 0 saturated carbocycles. The summed E-state index contributed by atoms with van der Waals surface area (Å²) in [5.41, 5.74) is 1.63. The molecule has 0 spiro atoms. The van der Waals surface area contributed by atoms with Crippen LogP contribution in [-0.4, -0.2) is 35.5 Å². The Kier molecular flexibility index (Phi) is 7.48. The van der Waals surface area contributed by atoms with Gasteiger partial charge in [-0.05, 0) is 24.1 Å². The first-order valence-electron chi connectivity index (χ1n) is 8.36. The van der Waals surface area contributed by atoms with Crippen molar-refractivity contribution in [2.24, 2.45) is 0 Å². The van der Waals surface area contributed by atoms with Gasteiger partial charge in [-0.25, -0.2) is 0 Å². The smallest absolute Gasteiger partial charge is 0.303 e. The summed E-state index contributed by atoms with van der Waals surface area (Å²) in [5, 5.41) is 9.33. The zero-order chi connectivity index (χ0) is 18.9. The third kappa shape index (κ3) is 5.77. The molecular weight excluding hydrogens is 354 g/mol. The normalized spacial score (nSPS) is 10.4. The molecule has 0 heterocycles. The van der Waals surface area contributed by atoms with E-state index in [2.05, 4.69) is 0 Å². The second kappa shape index (κ2) is 9.82. The Morgan fingerprint density at radius 3 is 2.50 bits per heavy atom.